The first-order valence-electron chi connectivity index (χ1n) is 4.36. The van der Waals surface area contributed by atoms with Gasteiger partial charge in [0.1, 0.15) is 11.6 Å². The van der Waals surface area contributed by atoms with Crippen LogP contribution in [0.25, 0.3) is 11.3 Å². The molecule has 0 saturated heterocycles. The Morgan fingerprint density at radius 3 is 2.67 bits per heavy atom. The fourth-order valence-corrected chi connectivity index (χ4v) is 1.67. The van der Waals surface area contributed by atoms with E-state index in [0.717, 1.165) is 11.3 Å². The van der Waals surface area contributed by atoms with Crippen LogP contribution in [0, 0.1) is 0 Å². The third kappa shape index (κ3) is 1.83. The lowest BCUT2D eigenvalue weighted by Gasteiger charge is -1.99. The number of hydrogen-bond acceptors (Lipinski definition) is 3. The Hall–Kier alpha value is -1.49. The summed E-state index contributed by atoms with van der Waals surface area (Å²) in [5, 5.41) is 13.6. The molecule has 1 aromatic carbocycles. The summed E-state index contributed by atoms with van der Waals surface area (Å²) < 4.78 is 2.25. The van der Waals surface area contributed by atoms with Gasteiger partial charge in [0.25, 0.3) is 0 Å². The molecule has 0 unspecified atom stereocenters. The van der Waals surface area contributed by atoms with Gasteiger partial charge in [0.2, 0.25) is 0 Å². The van der Waals surface area contributed by atoms with Gasteiger partial charge < -0.3 is 10.8 Å². The van der Waals surface area contributed by atoms with E-state index in [2.05, 4.69) is 21.0 Å². The third-order valence-corrected chi connectivity index (χ3v) is 2.79. The molecule has 0 aliphatic rings. The molecule has 0 saturated carbocycles. The van der Waals surface area contributed by atoms with Crippen LogP contribution in [-0.4, -0.2) is 14.9 Å². The lowest BCUT2D eigenvalue weighted by molar-refractivity contribution is 0.472. The van der Waals surface area contributed by atoms with Crippen LogP contribution >= 0.6 is 15.9 Å². The molecule has 0 aliphatic heterocycles. The van der Waals surface area contributed by atoms with Gasteiger partial charge >= 0.3 is 0 Å². The average molecular weight is 268 g/mol. The molecular weight excluding hydrogens is 258 g/mol. The summed E-state index contributed by atoms with van der Waals surface area (Å²) in [6.45, 7) is 0. The average Bonchev–Trinajstić information content (AvgIpc) is 2.52. The van der Waals surface area contributed by atoms with Gasteiger partial charge in [-0.1, -0.05) is 0 Å². The number of aromatic hydroxyl groups is 1. The highest BCUT2D eigenvalue weighted by molar-refractivity contribution is 9.10. The van der Waals surface area contributed by atoms with Crippen molar-refractivity contribution in [2.75, 3.05) is 5.73 Å². The van der Waals surface area contributed by atoms with Crippen LogP contribution in [0.15, 0.2) is 28.7 Å². The molecule has 5 heteroatoms. The van der Waals surface area contributed by atoms with Crippen LogP contribution in [0.5, 0.6) is 5.75 Å². The molecule has 1 heterocycles. The van der Waals surface area contributed by atoms with Crippen LogP contribution in [0.2, 0.25) is 0 Å². The number of anilines is 1. The highest BCUT2D eigenvalue weighted by Gasteiger charge is 2.06. The molecule has 2 aromatic rings. The van der Waals surface area contributed by atoms with Gasteiger partial charge in [0.05, 0.1) is 10.2 Å². The third-order valence-electron chi connectivity index (χ3n) is 2.16. The quantitative estimate of drug-likeness (QED) is 0.832. The predicted octanol–water partition coefficient (Wildman–Crippen LogP) is 2.14. The van der Waals surface area contributed by atoms with Crippen molar-refractivity contribution in [1.29, 1.82) is 0 Å². The Morgan fingerprint density at radius 1 is 1.40 bits per heavy atom. The molecule has 78 valence electrons. The number of rotatable bonds is 1. The smallest absolute Gasteiger partial charge is 0.129 e. The summed E-state index contributed by atoms with van der Waals surface area (Å²) in [7, 11) is 1.79. The number of halogens is 1. The maximum absolute atomic E-state index is 9.35. The van der Waals surface area contributed by atoms with E-state index in [9.17, 15) is 5.11 Å². The maximum Gasteiger partial charge on any atom is 0.129 e. The van der Waals surface area contributed by atoms with E-state index in [4.69, 9.17) is 5.73 Å². The summed E-state index contributed by atoms with van der Waals surface area (Å²) in [6, 6.07) is 7.00. The standard InChI is InChI=1S/C10H10BrN3O/c1-14-10(12)5-8(13-14)6-2-3-9(15)7(11)4-6/h2-5,15H,12H2,1H3. The minimum absolute atomic E-state index is 0.211. The SMILES string of the molecule is Cn1nc(-c2ccc(O)c(Br)c2)cc1N. The van der Waals surface area contributed by atoms with Crippen molar-refractivity contribution in [2.45, 2.75) is 0 Å². The molecule has 0 aliphatic carbocycles. The molecule has 0 bridgehead atoms. The van der Waals surface area contributed by atoms with E-state index in [1.807, 2.05) is 0 Å². The second-order valence-corrected chi connectivity index (χ2v) is 4.10. The van der Waals surface area contributed by atoms with E-state index in [1.54, 1.807) is 36.0 Å². The van der Waals surface area contributed by atoms with Crippen molar-refractivity contribution in [3.05, 3.63) is 28.7 Å². The van der Waals surface area contributed by atoms with Crippen LogP contribution in [0.4, 0.5) is 5.82 Å². The molecule has 2 rings (SSSR count). The second kappa shape index (κ2) is 3.58. The monoisotopic (exact) mass is 267 g/mol. The minimum atomic E-state index is 0.211. The molecule has 0 amide bonds. The molecule has 15 heavy (non-hydrogen) atoms. The van der Waals surface area contributed by atoms with Gasteiger partial charge in [-0.05, 0) is 34.1 Å². The summed E-state index contributed by atoms with van der Waals surface area (Å²) in [5.74, 6) is 0.817. The molecule has 3 N–H and O–H groups in total. The zero-order chi connectivity index (χ0) is 11.0. The topological polar surface area (TPSA) is 64.1 Å². The number of aromatic nitrogens is 2. The Labute approximate surface area is 95.5 Å². The van der Waals surface area contributed by atoms with Crippen molar-refractivity contribution in [2.24, 2.45) is 7.05 Å². The number of nitrogen functional groups attached to an aromatic ring is 1. The number of hydrogen-bond donors (Lipinski definition) is 2. The van der Waals surface area contributed by atoms with Crippen LogP contribution in [0.3, 0.4) is 0 Å². The first-order valence-corrected chi connectivity index (χ1v) is 5.15. The molecule has 0 atom stereocenters. The lowest BCUT2D eigenvalue weighted by atomic mass is 10.1. The summed E-state index contributed by atoms with van der Waals surface area (Å²) >= 11 is 3.25. The fraction of sp³-hybridized carbons (Fsp3) is 0.100. The van der Waals surface area contributed by atoms with Gasteiger partial charge in [0, 0.05) is 18.7 Å². The number of benzene rings is 1. The van der Waals surface area contributed by atoms with Crippen molar-refractivity contribution < 1.29 is 5.11 Å². The number of nitrogens with two attached hydrogens (primary N) is 1. The normalized spacial score (nSPS) is 10.5. The Morgan fingerprint density at radius 2 is 2.13 bits per heavy atom. The van der Waals surface area contributed by atoms with Crippen molar-refractivity contribution >= 4 is 21.7 Å². The van der Waals surface area contributed by atoms with E-state index in [-0.39, 0.29) is 5.75 Å². The summed E-state index contributed by atoms with van der Waals surface area (Å²) in [4.78, 5) is 0. The zero-order valence-corrected chi connectivity index (χ0v) is 9.69. The number of phenols is 1. The minimum Gasteiger partial charge on any atom is -0.507 e. The van der Waals surface area contributed by atoms with E-state index >= 15 is 0 Å². The molecule has 0 spiro atoms. The summed E-state index contributed by atoms with van der Waals surface area (Å²) in [6.07, 6.45) is 0. The highest BCUT2D eigenvalue weighted by atomic mass is 79.9. The number of aryl methyl sites for hydroxylation is 1. The maximum atomic E-state index is 9.35. The van der Waals surface area contributed by atoms with Crippen LogP contribution in [0.1, 0.15) is 0 Å². The molecular formula is C10H10BrN3O. The van der Waals surface area contributed by atoms with Gasteiger partial charge in [0.15, 0.2) is 0 Å². The Kier molecular flexibility index (Phi) is 2.40. The van der Waals surface area contributed by atoms with Gasteiger partial charge in [-0.15, -0.1) is 0 Å². The lowest BCUT2D eigenvalue weighted by Crippen LogP contribution is -1.96. The Balaban J connectivity index is 2.49. The molecule has 0 fully saturated rings. The molecule has 4 nitrogen and oxygen atoms in total. The van der Waals surface area contributed by atoms with Crippen molar-refractivity contribution in [1.82, 2.24) is 9.78 Å². The first kappa shape index (κ1) is 10.0. The molecule has 0 radical (unpaired) electrons. The van der Waals surface area contributed by atoms with Crippen molar-refractivity contribution in [3.63, 3.8) is 0 Å². The Bertz CT molecular complexity index is 488. The fourth-order valence-electron chi connectivity index (χ4n) is 1.29. The van der Waals surface area contributed by atoms with Crippen molar-refractivity contribution in [3.8, 4) is 17.0 Å². The van der Waals surface area contributed by atoms with Crippen LogP contribution < -0.4 is 5.73 Å². The predicted molar refractivity (Wildman–Crippen MR) is 62.4 cm³/mol. The molecule has 1 aromatic heterocycles. The zero-order valence-electron chi connectivity index (χ0n) is 8.11. The second-order valence-electron chi connectivity index (χ2n) is 3.24. The highest BCUT2D eigenvalue weighted by Crippen LogP contribution is 2.29. The van der Waals surface area contributed by atoms with E-state index < -0.39 is 0 Å². The van der Waals surface area contributed by atoms with Gasteiger partial charge in [-0.25, -0.2) is 0 Å². The van der Waals surface area contributed by atoms with E-state index in [1.165, 1.54) is 0 Å². The van der Waals surface area contributed by atoms with Crippen LogP contribution in [-0.2, 0) is 7.05 Å². The summed E-state index contributed by atoms with van der Waals surface area (Å²) in [5.41, 5.74) is 7.38. The number of phenolic OH excluding ortho intramolecular Hbond substituents is 1. The van der Waals surface area contributed by atoms with Gasteiger partial charge in [-0.2, -0.15) is 5.10 Å². The van der Waals surface area contributed by atoms with E-state index in [0.29, 0.717) is 10.3 Å². The van der Waals surface area contributed by atoms with Gasteiger partial charge in [-0.3, -0.25) is 4.68 Å². The largest absolute Gasteiger partial charge is 0.507 e. The number of nitrogens with zero attached hydrogens (tertiary/aromatic N) is 2. The first-order chi connectivity index (χ1) is 7.08.